The van der Waals surface area contributed by atoms with Crippen LogP contribution in [-0.4, -0.2) is 23.5 Å². The summed E-state index contributed by atoms with van der Waals surface area (Å²) in [5.74, 6) is -1.25. The van der Waals surface area contributed by atoms with Crippen LogP contribution in [0.2, 0.25) is 0 Å². The minimum absolute atomic E-state index is 0.0281. The number of nitrogens with two attached hydrogens (primary N) is 1. The lowest BCUT2D eigenvalue weighted by molar-refractivity contribution is -0.117. The molecule has 110 valence electrons. The monoisotopic (exact) mass is 406 g/mol. The Morgan fingerprint density at radius 3 is 2.55 bits per heavy atom. The number of hydrogen-bond acceptors (Lipinski definition) is 3. The fourth-order valence-electron chi connectivity index (χ4n) is 1.72. The lowest BCUT2D eigenvalue weighted by Crippen LogP contribution is -2.22. The molecule has 1 amide bonds. The van der Waals surface area contributed by atoms with Crippen LogP contribution in [0.25, 0.3) is 0 Å². The molecule has 20 heavy (non-hydrogen) atoms. The zero-order chi connectivity index (χ0) is 15.3. The van der Waals surface area contributed by atoms with E-state index in [1.54, 1.807) is 6.07 Å². The van der Waals surface area contributed by atoms with Crippen LogP contribution in [0.3, 0.4) is 0 Å². The number of aromatic carboxylic acids is 1. The second-order valence-electron chi connectivity index (χ2n) is 4.38. The zero-order valence-corrected chi connectivity index (χ0v) is 14.1. The topological polar surface area (TPSA) is 92.4 Å². The molecule has 5 nitrogen and oxygen atoms in total. The van der Waals surface area contributed by atoms with Crippen molar-refractivity contribution in [3.63, 3.8) is 0 Å². The first-order valence-electron chi connectivity index (χ1n) is 6.11. The summed E-state index contributed by atoms with van der Waals surface area (Å²) in [7, 11) is 0. The Morgan fingerprint density at radius 1 is 1.40 bits per heavy atom. The molecule has 1 aromatic rings. The van der Waals surface area contributed by atoms with Gasteiger partial charge in [-0.25, -0.2) is 4.79 Å². The first-order valence-corrected chi connectivity index (χ1v) is 7.69. The summed E-state index contributed by atoms with van der Waals surface area (Å²) in [6.45, 7) is 2.39. The highest BCUT2D eigenvalue weighted by atomic mass is 79.9. The molecule has 1 unspecified atom stereocenters. The Bertz CT molecular complexity index is 517. The van der Waals surface area contributed by atoms with E-state index in [-0.39, 0.29) is 29.5 Å². The Hall–Kier alpha value is -0.920. The highest BCUT2D eigenvalue weighted by molar-refractivity contribution is 9.11. The number of hydrogen-bond donors (Lipinski definition) is 3. The van der Waals surface area contributed by atoms with Crippen LogP contribution in [0.15, 0.2) is 21.1 Å². The number of carboxylic acid groups (broad SMARTS) is 1. The fourth-order valence-corrected chi connectivity index (χ4v) is 3.04. The van der Waals surface area contributed by atoms with Crippen LogP contribution in [0.5, 0.6) is 0 Å². The van der Waals surface area contributed by atoms with Crippen molar-refractivity contribution >= 4 is 49.4 Å². The van der Waals surface area contributed by atoms with Gasteiger partial charge >= 0.3 is 5.97 Å². The molecule has 1 aromatic carbocycles. The van der Waals surface area contributed by atoms with E-state index in [0.717, 1.165) is 6.42 Å². The number of carbonyl (C=O) groups is 2. The molecule has 0 fully saturated rings. The molecule has 1 rings (SSSR count). The normalized spacial score (nSPS) is 12.0. The van der Waals surface area contributed by atoms with Gasteiger partial charge < -0.3 is 16.2 Å². The van der Waals surface area contributed by atoms with Crippen LogP contribution in [-0.2, 0) is 4.79 Å². The molecular weight excluding hydrogens is 392 g/mol. The van der Waals surface area contributed by atoms with Crippen molar-refractivity contribution in [2.75, 3.05) is 11.9 Å². The summed E-state index contributed by atoms with van der Waals surface area (Å²) < 4.78 is 1.13. The van der Waals surface area contributed by atoms with E-state index in [0.29, 0.717) is 15.5 Å². The van der Waals surface area contributed by atoms with Gasteiger partial charge in [-0.15, -0.1) is 0 Å². The summed E-state index contributed by atoms with van der Waals surface area (Å²) in [5.41, 5.74) is 5.85. The Balaban J connectivity index is 2.97. The molecule has 0 aromatic heterocycles. The van der Waals surface area contributed by atoms with Gasteiger partial charge in [-0.3, -0.25) is 4.79 Å². The number of benzene rings is 1. The summed E-state index contributed by atoms with van der Waals surface area (Å²) in [6, 6.07) is 3.13. The molecule has 0 saturated carbocycles. The predicted octanol–water partition coefficient (Wildman–Crippen LogP) is 3.22. The molecule has 0 saturated heterocycles. The quantitative estimate of drug-likeness (QED) is 0.674. The molecule has 0 bridgehead atoms. The first kappa shape index (κ1) is 17.1. The number of carboxylic acids is 1. The maximum absolute atomic E-state index is 12.0. The average Bonchev–Trinajstić information content (AvgIpc) is 2.38. The SMILES string of the molecule is CCC(CN)CC(=O)Nc1c(Br)cc(Br)cc1C(=O)O. The molecular formula is C13H16Br2N2O3. The second kappa shape index (κ2) is 7.75. The minimum Gasteiger partial charge on any atom is -0.478 e. The van der Waals surface area contributed by atoms with Gasteiger partial charge in [0.25, 0.3) is 0 Å². The van der Waals surface area contributed by atoms with Crippen molar-refractivity contribution in [2.45, 2.75) is 19.8 Å². The third-order valence-electron chi connectivity index (χ3n) is 2.93. The number of halogens is 2. The number of amides is 1. The van der Waals surface area contributed by atoms with E-state index in [9.17, 15) is 14.7 Å². The molecule has 0 radical (unpaired) electrons. The second-order valence-corrected chi connectivity index (χ2v) is 6.15. The minimum atomic E-state index is -1.10. The molecule has 1 atom stereocenters. The number of carbonyl (C=O) groups excluding carboxylic acids is 1. The fraction of sp³-hybridized carbons (Fsp3) is 0.385. The van der Waals surface area contributed by atoms with Gasteiger partial charge in [0.1, 0.15) is 0 Å². The predicted molar refractivity (Wildman–Crippen MR) is 84.9 cm³/mol. The maximum atomic E-state index is 12.0. The third-order valence-corrected chi connectivity index (χ3v) is 4.02. The lowest BCUT2D eigenvalue weighted by Gasteiger charge is -2.14. The lowest BCUT2D eigenvalue weighted by atomic mass is 10.0. The van der Waals surface area contributed by atoms with Crippen molar-refractivity contribution in [2.24, 2.45) is 11.7 Å². The molecule has 4 N–H and O–H groups in total. The summed E-state index contributed by atoms with van der Waals surface area (Å²) in [6.07, 6.45) is 1.08. The summed E-state index contributed by atoms with van der Waals surface area (Å²) in [5, 5.41) is 11.8. The Labute approximate surface area is 134 Å². The van der Waals surface area contributed by atoms with Gasteiger partial charge in [0.2, 0.25) is 5.91 Å². The van der Waals surface area contributed by atoms with Gasteiger partial charge in [0, 0.05) is 15.4 Å². The van der Waals surface area contributed by atoms with E-state index in [1.165, 1.54) is 6.07 Å². The highest BCUT2D eigenvalue weighted by Gasteiger charge is 2.18. The van der Waals surface area contributed by atoms with Gasteiger partial charge in [-0.1, -0.05) is 29.3 Å². The molecule has 0 aliphatic carbocycles. The van der Waals surface area contributed by atoms with Crippen molar-refractivity contribution in [1.82, 2.24) is 0 Å². The van der Waals surface area contributed by atoms with Gasteiger partial charge in [0.05, 0.1) is 11.3 Å². The zero-order valence-electron chi connectivity index (χ0n) is 11.0. The third kappa shape index (κ3) is 4.57. The van der Waals surface area contributed by atoms with Gasteiger partial charge in [0.15, 0.2) is 0 Å². The van der Waals surface area contributed by atoms with Crippen molar-refractivity contribution < 1.29 is 14.7 Å². The van der Waals surface area contributed by atoms with E-state index in [2.05, 4.69) is 37.2 Å². The van der Waals surface area contributed by atoms with Gasteiger partial charge in [-0.05, 0) is 40.5 Å². The van der Waals surface area contributed by atoms with Crippen molar-refractivity contribution in [3.05, 3.63) is 26.6 Å². The summed E-state index contributed by atoms with van der Waals surface area (Å²) >= 11 is 6.48. The highest BCUT2D eigenvalue weighted by Crippen LogP contribution is 2.31. The van der Waals surface area contributed by atoms with Crippen LogP contribution >= 0.6 is 31.9 Å². The smallest absolute Gasteiger partial charge is 0.337 e. The molecule has 0 heterocycles. The molecule has 7 heteroatoms. The summed E-state index contributed by atoms with van der Waals surface area (Å²) in [4.78, 5) is 23.2. The largest absolute Gasteiger partial charge is 0.478 e. The van der Waals surface area contributed by atoms with Crippen LogP contribution in [0, 0.1) is 5.92 Å². The van der Waals surface area contributed by atoms with E-state index < -0.39 is 5.97 Å². The number of anilines is 1. The van der Waals surface area contributed by atoms with Crippen molar-refractivity contribution in [3.8, 4) is 0 Å². The van der Waals surface area contributed by atoms with Gasteiger partial charge in [-0.2, -0.15) is 0 Å². The average molecular weight is 408 g/mol. The number of rotatable bonds is 6. The van der Waals surface area contributed by atoms with Crippen LogP contribution in [0.4, 0.5) is 5.69 Å². The van der Waals surface area contributed by atoms with Crippen molar-refractivity contribution in [1.29, 1.82) is 0 Å². The van der Waals surface area contributed by atoms with Crippen LogP contribution in [0.1, 0.15) is 30.1 Å². The molecule has 0 spiro atoms. The van der Waals surface area contributed by atoms with Crippen LogP contribution < -0.4 is 11.1 Å². The first-order chi connectivity index (χ1) is 9.38. The maximum Gasteiger partial charge on any atom is 0.337 e. The standard InChI is InChI=1S/C13H16Br2N2O3/c1-2-7(6-16)3-11(18)17-12-9(13(19)20)4-8(14)5-10(12)15/h4-5,7H,2-3,6,16H2,1H3,(H,17,18)(H,19,20). The van der Waals surface area contributed by atoms with E-state index in [4.69, 9.17) is 5.73 Å². The van der Waals surface area contributed by atoms with E-state index >= 15 is 0 Å². The Kier molecular flexibility index (Phi) is 6.64. The Morgan fingerprint density at radius 2 is 2.05 bits per heavy atom. The van der Waals surface area contributed by atoms with E-state index in [1.807, 2.05) is 6.92 Å². The molecule has 0 aliphatic rings. The molecule has 0 aliphatic heterocycles. The number of nitrogens with one attached hydrogen (secondary N) is 1.